The Hall–Kier alpha value is -1.96. The zero-order chi connectivity index (χ0) is 29.0. The summed E-state index contributed by atoms with van der Waals surface area (Å²) in [5.41, 5.74) is 2.20. The van der Waals surface area contributed by atoms with Crippen molar-refractivity contribution in [2.75, 3.05) is 0 Å². The molecule has 0 aromatic heterocycles. The molecule has 39 heavy (non-hydrogen) atoms. The maximum atomic E-state index is 12.6. The number of hydrogen-bond acceptors (Lipinski definition) is 6. The summed E-state index contributed by atoms with van der Waals surface area (Å²) in [4.78, 5) is 23.5. The maximum absolute atomic E-state index is 12.6. The highest BCUT2D eigenvalue weighted by Crippen LogP contribution is 2.60. The van der Waals surface area contributed by atoms with Gasteiger partial charge in [-0.1, -0.05) is 43.7 Å². The highest BCUT2D eigenvalue weighted by molar-refractivity contribution is 5.71. The Morgan fingerprint density at radius 1 is 1.15 bits per heavy atom. The van der Waals surface area contributed by atoms with Crippen molar-refractivity contribution in [1.82, 2.24) is 0 Å². The number of allylic oxidation sites excluding steroid dienone is 3. The molecular weight excluding hydrogens is 496 g/mol. The van der Waals surface area contributed by atoms with Gasteiger partial charge in [-0.25, -0.2) is 0 Å². The standard InChI is InChI=1S/C32H50O7/c1-20-9-13-24(33)17-22(20)11-12-23-18-25(39-30(37)8-6-7-29(35)36)19-32(5)26(14-15-27(23)32)21(2)10-16-28(34)31(3,4)38/h11-12,21,24-28,33-34,38H,1,6-10,13-19H2,2-5H3,(H,35,36)/b22-11-,23-12+/t21-,24+,25+,26-,27+,28-,32-/m1/s1. The van der Waals surface area contributed by atoms with E-state index in [-0.39, 0.29) is 42.9 Å². The number of esters is 1. The van der Waals surface area contributed by atoms with Crippen molar-refractivity contribution in [2.45, 2.75) is 129 Å². The number of aliphatic carboxylic acids is 1. The molecule has 7 heteroatoms. The van der Waals surface area contributed by atoms with E-state index in [0.29, 0.717) is 37.0 Å². The monoisotopic (exact) mass is 546 g/mol. The maximum Gasteiger partial charge on any atom is 0.306 e. The van der Waals surface area contributed by atoms with Crippen LogP contribution in [0.25, 0.3) is 0 Å². The predicted octanol–water partition coefficient (Wildman–Crippen LogP) is 5.48. The van der Waals surface area contributed by atoms with Crippen molar-refractivity contribution in [2.24, 2.45) is 23.2 Å². The van der Waals surface area contributed by atoms with Crippen LogP contribution in [0.4, 0.5) is 0 Å². The number of carboxylic acid groups (broad SMARTS) is 1. The summed E-state index contributed by atoms with van der Waals surface area (Å²) in [5, 5.41) is 39.7. The third-order valence-electron chi connectivity index (χ3n) is 9.64. The minimum absolute atomic E-state index is 0.0515. The molecule has 0 saturated heterocycles. The van der Waals surface area contributed by atoms with Gasteiger partial charge in [-0.15, -0.1) is 0 Å². The third-order valence-corrected chi connectivity index (χ3v) is 9.64. The van der Waals surface area contributed by atoms with Gasteiger partial charge in [0.15, 0.2) is 0 Å². The first kappa shape index (κ1) is 31.6. The number of carboxylic acids is 1. The number of fused-ring (bicyclic) bond motifs is 1. The summed E-state index contributed by atoms with van der Waals surface area (Å²) >= 11 is 0. The predicted molar refractivity (Wildman–Crippen MR) is 151 cm³/mol. The molecule has 3 saturated carbocycles. The lowest BCUT2D eigenvalue weighted by Crippen LogP contribution is -2.42. The summed E-state index contributed by atoms with van der Waals surface area (Å²) in [5.74, 6) is -0.200. The Balaban J connectivity index is 1.81. The molecule has 0 heterocycles. The number of aliphatic hydroxyl groups is 3. The number of rotatable bonds is 11. The van der Waals surface area contributed by atoms with E-state index >= 15 is 0 Å². The molecule has 0 aromatic rings. The molecule has 4 N–H and O–H groups in total. The van der Waals surface area contributed by atoms with Crippen LogP contribution in [0.5, 0.6) is 0 Å². The van der Waals surface area contributed by atoms with E-state index < -0.39 is 17.7 Å². The van der Waals surface area contributed by atoms with E-state index in [1.807, 2.05) is 0 Å². The largest absolute Gasteiger partial charge is 0.481 e. The number of hydrogen-bond donors (Lipinski definition) is 4. The SMILES string of the molecule is C=C1CC[C@H](O)C/C1=C/C=C1\C[C@H](OC(=O)CCCC(=O)O)C[C@]2(C)[C@@H]([C@H](C)CC[C@@H](O)C(C)(C)O)CC[C@@H]12. The molecule has 0 amide bonds. The molecule has 0 radical (unpaired) electrons. The number of aliphatic hydroxyl groups excluding tert-OH is 2. The van der Waals surface area contributed by atoms with E-state index in [9.17, 15) is 24.9 Å². The Bertz CT molecular complexity index is 958. The van der Waals surface area contributed by atoms with Crippen LogP contribution >= 0.6 is 0 Å². The van der Waals surface area contributed by atoms with Crippen LogP contribution in [-0.4, -0.2) is 56.3 Å². The van der Waals surface area contributed by atoms with Crippen molar-refractivity contribution in [1.29, 1.82) is 0 Å². The minimum atomic E-state index is -1.13. The number of carbonyl (C=O) groups excluding carboxylic acids is 1. The summed E-state index contributed by atoms with van der Waals surface area (Å²) < 4.78 is 5.95. The lowest BCUT2D eigenvalue weighted by molar-refractivity contribution is -0.153. The minimum Gasteiger partial charge on any atom is -0.481 e. The van der Waals surface area contributed by atoms with Gasteiger partial charge in [-0.05, 0) is 100 Å². The Morgan fingerprint density at radius 2 is 1.87 bits per heavy atom. The molecule has 0 bridgehead atoms. The lowest BCUT2D eigenvalue weighted by atomic mass is 9.60. The fourth-order valence-corrected chi connectivity index (χ4v) is 7.34. The van der Waals surface area contributed by atoms with E-state index in [1.54, 1.807) is 13.8 Å². The van der Waals surface area contributed by atoms with Crippen molar-refractivity contribution in [3.8, 4) is 0 Å². The molecule has 3 fully saturated rings. The van der Waals surface area contributed by atoms with Crippen LogP contribution in [-0.2, 0) is 14.3 Å². The number of carbonyl (C=O) groups is 2. The normalized spacial score (nSPS) is 33.2. The highest BCUT2D eigenvalue weighted by atomic mass is 16.5. The molecule has 0 spiro atoms. The van der Waals surface area contributed by atoms with Crippen molar-refractivity contribution >= 4 is 11.9 Å². The zero-order valence-electron chi connectivity index (χ0n) is 24.3. The second-order valence-corrected chi connectivity index (χ2v) is 13.2. The smallest absolute Gasteiger partial charge is 0.306 e. The first-order valence-electron chi connectivity index (χ1n) is 14.8. The van der Waals surface area contributed by atoms with Crippen LogP contribution in [0.1, 0.15) is 105 Å². The quantitative estimate of drug-likeness (QED) is 0.253. The average Bonchev–Trinajstić information content (AvgIpc) is 3.18. The highest BCUT2D eigenvalue weighted by Gasteiger charge is 2.53. The second-order valence-electron chi connectivity index (χ2n) is 13.2. The molecule has 0 aliphatic heterocycles. The molecule has 0 unspecified atom stereocenters. The summed E-state index contributed by atoms with van der Waals surface area (Å²) in [6.07, 6.45) is 10.2. The molecule has 0 aromatic carbocycles. The van der Waals surface area contributed by atoms with Crippen molar-refractivity contribution < 1.29 is 34.8 Å². The summed E-state index contributed by atoms with van der Waals surface area (Å²) in [6, 6.07) is 0. The number of ether oxygens (including phenoxy) is 1. The first-order valence-corrected chi connectivity index (χ1v) is 14.8. The van der Waals surface area contributed by atoms with Crippen LogP contribution in [0.2, 0.25) is 0 Å². The van der Waals surface area contributed by atoms with E-state index in [4.69, 9.17) is 9.84 Å². The Kier molecular flexibility index (Phi) is 10.6. The van der Waals surface area contributed by atoms with Gasteiger partial charge >= 0.3 is 11.9 Å². The van der Waals surface area contributed by atoms with Gasteiger partial charge in [0.2, 0.25) is 0 Å². The van der Waals surface area contributed by atoms with Gasteiger partial charge in [-0.3, -0.25) is 9.59 Å². The van der Waals surface area contributed by atoms with Gasteiger partial charge in [0.1, 0.15) is 6.10 Å². The van der Waals surface area contributed by atoms with Gasteiger partial charge in [-0.2, -0.15) is 0 Å². The molecule has 220 valence electrons. The Morgan fingerprint density at radius 3 is 2.54 bits per heavy atom. The van der Waals surface area contributed by atoms with Gasteiger partial charge in [0.25, 0.3) is 0 Å². The van der Waals surface area contributed by atoms with E-state index in [2.05, 4.69) is 32.6 Å². The van der Waals surface area contributed by atoms with Crippen LogP contribution in [0.15, 0.2) is 35.5 Å². The van der Waals surface area contributed by atoms with Crippen LogP contribution in [0, 0.1) is 23.2 Å². The van der Waals surface area contributed by atoms with Crippen molar-refractivity contribution in [3.63, 3.8) is 0 Å². The molecule has 3 aliphatic rings. The van der Waals surface area contributed by atoms with Gasteiger partial charge in [0.05, 0.1) is 17.8 Å². The Labute approximate surface area is 234 Å². The van der Waals surface area contributed by atoms with E-state index in [1.165, 1.54) is 5.57 Å². The van der Waals surface area contributed by atoms with Crippen LogP contribution in [0.3, 0.4) is 0 Å². The average molecular weight is 547 g/mol. The summed E-state index contributed by atoms with van der Waals surface area (Å²) in [7, 11) is 0. The van der Waals surface area contributed by atoms with Gasteiger partial charge in [0, 0.05) is 19.3 Å². The first-order chi connectivity index (χ1) is 18.2. The van der Waals surface area contributed by atoms with Crippen molar-refractivity contribution in [3.05, 3.63) is 35.5 Å². The third kappa shape index (κ3) is 8.27. The molecule has 7 nitrogen and oxygen atoms in total. The fraction of sp³-hybridized carbons (Fsp3) is 0.750. The summed E-state index contributed by atoms with van der Waals surface area (Å²) in [6.45, 7) is 12.0. The molecule has 3 aliphatic carbocycles. The van der Waals surface area contributed by atoms with E-state index in [0.717, 1.165) is 49.7 Å². The van der Waals surface area contributed by atoms with Crippen LogP contribution < -0.4 is 0 Å². The lowest BCUT2D eigenvalue weighted by Gasteiger charge is -2.47. The van der Waals surface area contributed by atoms with Gasteiger partial charge < -0.3 is 25.2 Å². The zero-order valence-corrected chi connectivity index (χ0v) is 24.3. The molecule has 3 rings (SSSR count). The topological polar surface area (TPSA) is 124 Å². The fourth-order valence-electron chi connectivity index (χ4n) is 7.34. The molecular formula is C32H50O7. The second kappa shape index (κ2) is 13.1. The molecule has 7 atom stereocenters.